The minimum absolute atomic E-state index is 0.207. The number of benzene rings is 3. The maximum atomic E-state index is 12.3. The van der Waals surface area contributed by atoms with Crippen LogP contribution < -0.4 is 0 Å². The Kier molecular flexibility index (Phi) is 4.67. The number of hydrogen-bond donors (Lipinski definition) is 0. The standard InChI is InChI=1S/C20H18N2O3S2/c1-22(2)27(23,24)16-10-11-19-18(12-16)21-20(25-19)26-13-15-8-5-7-14-6-3-4-9-17(14)15/h3-12H,13H2,1-2H3. The van der Waals surface area contributed by atoms with Gasteiger partial charge < -0.3 is 4.42 Å². The summed E-state index contributed by atoms with van der Waals surface area (Å²) >= 11 is 1.50. The zero-order valence-electron chi connectivity index (χ0n) is 14.9. The molecule has 7 heteroatoms. The van der Waals surface area contributed by atoms with Crippen LogP contribution in [0.5, 0.6) is 0 Å². The van der Waals surface area contributed by atoms with Crippen LogP contribution in [0.15, 0.2) is 75.2 Å². The lowest BCUT2D eigenvalue weighted by atomic mass is 10.1. The van der Waals surface area contributed by atoms with Crippen molar-refractivity contribution in [3.63, 3.8) is 0 Å². The van der Waals surface area contributed by atoms with E-state index < -0.39 is 10.0 Å². The average Bonchev–Trinajstić information content (AvgIpc) is 3.08. The van der Waals surface area contributed by atoms with Crippen LogP contribution in [-0.2, 0) is 15.8 Å². The van der Waals surface area contributed by atoms with Gasteiger partial charge in [0.2, 0.25) is 10.0 Å². The summed E-state index contributed by atoms with van der Waals surface area (Å²) in [4.78, 5) is 4.66. The van der Waals surface area contributed by atoms with Gasteiger partial charge in [0.25, 0.3) is 5.22 Å². The number of thioether (sulfide) groups is 1. The topological polar surface area (TPSA) is 63.4 Å². The summed E-state index contributed by atoms with van der Waals surface area (Å²) in [7, 11) is -0.478. The molecule has 0 aliphatic rings. The number of fused-ring (bicyclic) bond motifs is 2. The maximum absolute atomic E-state index is 12.3. The smallest absolute Gasteiger partial charge is 0.257 e. The zero-order chi connectivity index (χ0) is 19.0. The average molecular weight is 399 g/mol. The summed E-state index contributed by atoms with van der Waals surface area (Å²) < 4.78 is 31.5. The van der Waals surface area contributed by atoms with E-state index >= 15 is 0 Å². The van der Waals surface area contributed by atoms with E-state index in [1.165, 1.54) is 46.5 Å². The molecule has 5 nitrogen and oxygen atoms in total. The summed E-state index contributed by atoms with van der Waals surface area (Å²) in [5, 5.41) is 2.94. The van der Waals surface area contributed by atoms with Crippen LogP contribution in [0.2, 0.25) is 0 Å². The van der Waals surface area contributed by atoms with Gasteiger partial charge in [0.05, 0.1) is 4.90 Å². The van der Waals surface area contributed by atoms with Crippen molar-refractivity contribution in [3.05, 3.63) is 66.2 Å². The Balaban J connectivity index is 1.61. The molecular weight excluding hydrogens is 380 g/mol. The molecule has 0 atom stereocenters. The summed E-state index contributed by atoms with van der Waals surface area (Å²) in [5.74, 6) is 0.719. The van der Waals surface area contributed by atoms with Gasteiger partial charge in [0.1, 0.15) is 5.52 Å². The van der Waals surface area contributed by atoms with Crippen LogP contribution >= 0.6 is 11.8 Å². The lowest BCUT2D eigenvalue weighted by Crippen LogP contribution is -2.22. The molecule has 4 rings (SSSR count). The Hall–Kier alpha value is -2.35. The van der Waals surface area contributed by atoms with Crippen molar-refractivity contribution in [2.24, 2.45) is 0 Å². The lowest BCUT2D eigenvalue weighted by molar-refractivity contribution is 0.489. The van der Waals surface area contributed by atoms with E-state index in [0.717, 1.165) is 5.75 Å². The summed E-state index contributed by atoms with van der Waals surface area (Å²) in [6.07, 6.45) is 0. The van der Waals surface area contributed by atoms with E-state index in [2.05, 4.69) is 29.2 Å². The Morgan fingerprint density at radius 1 is 1.04 bits per heavy atom. The molecule has 0 saturated heterocycles. The lowest BCUT2D eigenvalue weighted by Gasteiger charge is -2.10. The van der Waals surface area contributed by atoms with Crippen LogP contribution in [0.4, 0.5) is 0 Å². The number of nitrogens with zero attached hydrogens (tertiary/aromatic N) is 2. The molecule has 1 heterocycles. The van der Waals surface area contributed by atoms with Crippen LogP contribution in [0.1, 0.15) is 5.56 Å². The molecule has 0 aliphatic heterocycles. The fraction of sp³-hybridized carbons (Fsp3) is 0.150. The second-order valence-electron chi connectivity index (χ2n) is 6.32. The van der Waals surface area contributed by atoms with E-state index in [1.54, 1.807) is 18.2 Å². The molecule has 0 saturated carbocycles. The molecule has 3 aromatic carbocycles. The van der Waals surface area contributed by atoms with Crippen molar-refractivity contribution in [3.8, 4) is 0 Å². The van der Waals surface area contributed by atoms with Gasteiger partial charge in [-0.15, -0.1) is 0 Å². The van der Waals surface area contributed by atoms with Gasteiger partial charge in [0, 0.05) is 19.8 Å². The van der Waals surface area contributed by atoms with Gasteiger partial charge in [-0.1, -0.05) is 54.2 Å². The second kappa shape index (κ2) is 6.99. The molecule has 0 unspecified atom stereocenters. The molecule has 0 fully saturated rings. The van der Waals surface area contributed by atoms with Gasteiger partial charge >= 0.3 is 0 Å². The number of aromatic nitrogens is 1. The molecule has 0 radical (unpaired) electrons. The molecule has 0 amide bonds. The monoisotopic (exact) mass is 398 g/mol. The Morgan fingerprint density at radius 2 is 1.81 bits per heavy atom. The summed E-state index contributed by atoms with van der Waals surface area (Å²) in [6.45, 7) is 0. The largest absolute Gasteiger partial charge is 0.431 e. The minimum Gasteiger partial charge on any atom is -0.431 e. The Bertz CT molecular complexity index is 1230. The highest BCUT2D eigenvalue weighted by atomic mass is 32.2. The second-order valence-corrected chi connectivity index (χ2v) is 9.40. The van der Waals surface area contributed by atoms with Crippen molar-refractivity contribution < 1.29 is 12.8 Å². The van der Waals surface area contributed by atoms with Gasteiger partial charge in [-0.3, -0.25) is 0 Å². The van der Waals surface area contributed by atoms with Gasteiger partial charge in [-0.25, -0.2) is 17.7 Å². The molecule has 0 spiro atoms. The van der Waals surface area contributed by atoms with Gasteiger partial charge in [-0.05, 0) is 34.5 Å². The SMILES string of the molecule is CN(C)S(=O)(=O)c1ccc2oc(SCc3cccc4ccccc34)nc2c1. The first-order chi connectivity index (χ1) is 12.9. The number of rotatable bonds is 5. The molecule has 1 aromatic heterocycles. The Morgan fingerprint density at radius 3 is 2.63 bits per heavy atom. The number of hydrogen-bond acceptors (Lipinski definition) is 5. The van der Waals surface area contributed by atoms with E-state index in [0.29, 0.717) is 16.3 Å². The normalized spacial score (nSPS) is 12.3. The fourth-order valence-electron chi connectivity index (χ4n) is 2.88. The molecule has 0 bridgehead atoms. The maximum Gasteiger partial charge on any atom is 0.257 e. The van der Waals surface area contributed by atoms with E-state index in [1.807, 2.05) is 18.2 Å². The van der Waals surface area contributed by atoms with Crippen molar-refractivity contribution in [1.29, 1.82) is 0 Å². The van der Waals surface area contributed by atoms with Crippen molar-refractivity contribution in [2.45, 2.75) is 15.9 Å². The quantitative estimate of drug-likeness (QED) is 0.462. The first kappa shape index (κ1) is 18.0. The highest BCUT2D eigenvalue weighted by Gasteiger charge is 2.19. The third-order valence-electron chi connectivity index (χ3n) is 4.35. The number of oxazole rings is 1. The third kappa shape index (κ3) is 3.45. The number of sulfonamides is 1. The molecule has 4 aromatic rings. The summed E-state index contributed by atoms with van der Waals surface area (Å²) in [6, 6.07) is 19.2. The first-order valence-corrected chi connectivity index (χ1v) is 10.8. The van der Waals surface area contributed by atoms with E-state index in [-0.39, 0.29) is 4.90 Å². The predicted molar refractivity (Wildman–Crippen MR) is 108 cm³/mol. The van der Waals surface area contributed by atoms with Crippen molar-refractivity contribution in [1.82, 2.24) is 9.29 Å². The van der Waals surface area contributed by atoms with Gasteiger partial charge in [0.15, 0.2) is 5.58 Å². The molecule has 0 N–H and O–H groups in total. The zero-order valence-corrected chi connectivity index (χ0v) is 16.5. The molecule has 0 aliphatic carbocycles. The highest BCUT2D eigenvalue weighted by Crippen LogP contribution is 2.30. The van der Waals surface area contributed by atoms with Crippen LogP contribution in [-0.4, -0.2) is 31.8 Å². The minimum atomic E-state index is -3.49. The van der Waals surface area contributed by atoms with Crippen molar-refractivity contribution >= 4 is 43.7 Å². The Labute approximate surface area is 162 Å². The fourth-order valence-corrected chi connectivity index (χ4v) is 4.64. The van der Waals surface area contributed by atoms with Crippen LogP contribution in [0.3, 0.4) is 0 Å². The van der Waals surface area contributed by atoms with E-state index in [9.17, 15) is 8.42 Å². The molecular formula is C20H18N2O3S2. The van der Waals surface area contributed by atoms with Crippen LogP contribution in [0, 0.1) is 0 Å². The first-order valence-electron chi connectivity index (χ1n) is 8.38. The third-order valence-corrected chi connectivity index (χ3v) is 7.04. The van der Waals surface area contributed by atoms with E-state index in [4.69, 9.17) is 4.42 Å². The predicted octanol–water partition coefficient (Wildman–Crippen LogP) is 4.52. The summed E-state index contributed by atoms with van der Waals surface area (Å²) in [5.41, 5.74) is 2.32. The highest BCUT2D eigenvalue weighted by molar-refractivity contribution is 7.98. The van der Waals surface area contributed by atoms with Crippen LogP contribution in [0.25, 0.3) is 21.9 Å². The van der Waals surface area contributed by atoms with Gasteiger partial charge in [-0.2, -0.15) is 0 Å². The molecule has 27 heavy (non-hydrogen) atoms. The molecule has 138 valence electrons. The van der Waals surface area contributed by atoms with Crippen molar-refractivity contribution in [2.75, 3.05) is 14.1 Å².